The molecule has 0 bridgehead atoms. The number of carbonyl (C=O) groups excluding carboxylic acids is 3. The van der Waals surface area contributed by atoms with Crippen molar-refractivity contribution >= 4 is 46.4 Å². The Balaban J connectivity index is 1.77. The largest absolute Gasteiger partial charge is 0.497 e. The summed E-state index contributed by atoms with van der Waals surface area (Å²) >= 11 is 6.62. The van der Waals surface area contributed by atoms with E-state index in [0.29, 0.717) is 16.3 Å². The highest BCUT2D eigenvalue weighted by Crippen LogP contribution is 2.32. The fraction of sp³-hybridized carbons (Fsp3) is 0.105. The molecule has 2 aromatic carbocycles. The molecule has 0 unspecified atom stereocenters. The number of halogens is 1. The number of amides is 2. The van der Waals surface area contributed by atoms with Crippen LogP contribution in [0, 0.1) is 0 Å². The summed E-state index contributed by atoms with van der Waals surface area (Å²) in [5.41, 5.74) is 1.13. The number of thioether (sulfide) groups is 1. The summed E-state index contributed by atoms with van der Waals surface area (Å²) in [6.07, 6.45) is 1.61. The van der Waals surface area contributed by atoms with Crippen LogP contribution < -0.4 is 4.74 Å². The summed E-state index contributed by atoms with van der Waals surface area (Å²) in [5, 5.41) is 0.0420. The highest BCUT2D eigenvalue weighted by molar-refractivity contribution is 8.18. The maximum atomic E-state index is 12.5. The lowest BCUT2D eigenvalue weighted by Crippen LogP contribution is -2.33. The highest BCUT2D eigenvalue weighted by Gasteiger charge is 2.36. The van der Waals surface area contributed by atoms with Crippen molar-refractivity contribution < 1.29 is 19.1 Å². The van der Waals surface area contributed by atoms with Gasteiger partial charge in [0.2, 0.25) is 0 Å². The summed E-state index contributed by atoms with van der Waals surface area (Å²) in [6.45, 7) is -0.304. The van der Waals surface area contributed by atoms with Gasteiger partial charge in [0.05, 0.1) is 18.6 Å². The second kappa shape index (κ2) is 7.76. The van der Waals surface area contributed by atoms with Crippen molar-refractivity contribution in [2.24, 2.45) is 0 Å². The van der Waals surface area contributed by atoms with E-state index < -0.39 is 11.1 Å². The minimum atomic E-state index is -0.481. The molecule has 1 heterocycles. The fourth-order valence-electron chi connectivity index (χ4n) is 2.39. The van der Waals surface area contributed by atoms with Crippen molar-refractivity contribution in [1.29, 1.82) is 0 Å². The van der Waals surface area contributed by atoms with Crippen LogP contribution in [0.1, 0.15) is 15.9 Å². The first-order valence-corrected chi connectivity index (χ1v) is 8.85. The van der Waals surface area contributed by atoms with Crippen molar-refractivity contribution in [2.45, 2.75) is 0 Å². The second-order valence-corrected chi connectivity index (χ2v) is 6.90. The van der Waals surface area contributed by atoms with Gasteiger partial charge in [-0.2, -0.15) is 0 Å². The van der Waals surface area contributed by atoms with Crippen molar-refractivity contribution in [1.82, 2.24) is 4.90 Å². The maximum Gasteiger partial charge on any atom is 0.293 e. The van der Waals surface area contributed by atoms with Crippen LogP contribution in [0.5, 0.6) is 5.75 Å². The molecule has 1 aliphatic heterocycles. The summed E-state index contributed by atoms with van der Waals surface area (Å²) in [4.78, 5) is 38.2. The zero-order chi connectivity index (χ0) is 18.7. The molecule has 0 saturated carbocycles. The molecular weight excluding hydrogens is 374 g/mol. The molecule has 0 spiro atoms. The quantitative estimate of drug-likeness (QED) is 0.566. The van der Waals surface area contributed by atoms with Gasteiger partial charge >= 0.3 is 0 Å². The van der Waals surface area contributed by atoms with E-state index in [1.165, 1.54) is 0 Å². The number of nitrogens with zero attached hydrogens (tertiary/aromatic N) is 1. The lowest BCUT2D eigenvalue weighted by atomic mass is 10.1. The van der Waals surface area contributed by atoms with E-state index >= 15 is 0 Å². The number of hydrogen-bond donors (Lipinski definition) is 0. The minimum absolute atomic E-state index is 0.271. The van der Waals surface area contributed by atoms with E-state index in [1.807, 2.05) is 0 Å². The molecular formula is C19H14ClNO4S. The number of hydrogen-bond acceptors (Lipinski definition) is 5. The fourth-order valence-corrected chi connectivity index (χ4v) is 3.35. The lowest BCUT2D eigenvalue weighted by Gasteiger charge is -2.11. The van der Waals surface area contributed by atoms with Gasteiger partial charge in [0.25, 0.3) is 11.1 Å². The maximum absolute atomic E-state index is 12.5. The standard InChI is InChI=1S/C19H14ClNO4S/c1-25-15-4-2-3-12(9-15)10-17-18(23)21(19(24)26-17)11-16(22)13-5-7-14(20)8-6-13/h2-10H,11H2,1H3/b17-10+. The summed E-state index contributed by atoms with van der Waals surface area (Å²) in [5.74, 6) is -0.160. The van der Waals surface area contributed by atoms with E-state index in [-0.39, 0.29) is 17.2 Å². The Morgan fingerprint density at radius 3 is 2.62 bits per heavy atom. The van der Waals surface area contributed by atoms with Gasteiger partial charge in [-0.15, -0.1) is 0 Å². The van der Waals surface area contributed by atoms with Crippen LogP contribution in [0.4, 0.5) is 4.79 Å². The number of imide groups is 1. The molecule has 2 aromatic rings. The molecule has 0 aromatic heterocycles. The van der Waals surface area contributed by atoms with Crippen LogP contribution >= 0.6 is 23.4 Å². The third-order valence-corrected chi connectivity index (χ3v) is 4.89. The Labute approximate surface area is 159 Å². The number of methoxy groups -OCH3 is 1. The Hall–Kier alpha value is -2.57. The van der Waals surface area contributed by atoms with E-state index in [1.54, 1.807) is 61.7 Å². The van der Waals surface area contributed by atoms with Gasteiger partial charge in [0, 0.05) is 10.6 Å². The molecule has 26 heavy (non-hydrogen) atoms. The van der Waals surface area contributed by atoms with Crippen LogP contribution in [-0.4, -0.2) is 35.5 Å². The Morgan fingerprint density at radius 2 is 1.92 bits per heavy atom. The molecule has 0 aliphatic carbocycles. The summed E-state index contributed by atoms with van der Waals surface area (Å²) < 4.78 is 5.15. The van der Waals surface area contributed by atoms with Crippen molar-refractivity contribution in [2.75, 3.05) is 13.7 Å². The third kappa shape index (κ3) is 3.98. The predicted molar refractivity (Wildman–Crippen MR) is 101 cm³/mol. The zero-order valence-electron chi connectivity index (χ0n) is 13.8. The Kier molecular flexibility index (Phi) is 5.44. The van der Waals surface area contributed by atoms with Gasteiger partial charge in [-0.1, -0.05) is 23.7 Å². The van der Waals surface area contributed by atoms with Crippen molar-refractivity contribution in [3.8, 4) is 5.75 Å². The predicted octanol–water partition coefficient (Wildman–Crippen LogP) is 4.27. The first-order chi connectivity index (χ1) is 12.5. The summed E-state index contributed by atoms with van der Waals surface area (Å²) in [6, 6.07) is 13.4. The third-order valence-electron chi connectivity index (χ3n) is 3.73. The number of Topliss-reactive ketones (excluding diaryl/α,β-unsaturated/α-hetero) is 1. The van der Waals surface area contributed by atoms with Crippen LogP contribution in [0.25, 0.3) is 6.08 Å². The molecule has 132 valence electrons. The molecule has 2 amide bonds. The van der Waals surface area contributed by atoms with Crippen molar-refractivity contribution in [3.05, 3.63) is 69.6 Å². The zero-order valence-corrected chi connectivity index (χ0v) is 15.3. The monoisotopic (exact) mass is 387 g/mol. The smallest absolute Gasteiger partial charge is 0.293 e. The van der Waals surface area contributed by atoms with Gasteiger partial charge in [-0.05, 0) is 59.8 Å². The average Bonchev–Trinajstić information content (AvgIpc) is 2.90. The van der Waals surface area contributed by atoms with Crippen LogP contribution in [0.3, 0.4) is 0 Å². The van der Waals surface area contributed by atoms with E-state index in [4.69, 9.17) is 16.3 Å². The van der Waals surface area contributed by atoms with Crippen LogP contribution in [-0.2, 0) is 4.79 Å². The van der Waals surface area contributed by atoms with Gasteiger partial charge < -0.3 is 4.74 Å². The molecule has 3 rings (SSSR count). The van der Waals surface area contributed by atoms with E-state index in [9.17, 15) is 14.4 Å². The van der Waals surface area contributed by atoms with E-state index in [2.05, 4.69) is 0 Å². The average molecular weight is 388 g/mol. The highest BCUT2D eigenvalue weighted by atomic mass is 35.5. The topological polar surface area (TPSA) is 63.7 Å². The lowest BCUT2D eigenvalue weighted by molar-refractivity contribution is -0.122. The number of benzene rings is 2. The molecule has 0 radical (unpaired) electrons. The summed E-state index contributed by atoms with van der Waals surface area (Å²) in [7, 11) is 1.55. The molecule has 1 saturated heterocycles. The molecule has 7 heteroatoms. The van der Waals surface area contributed by atoms with Crippen LogP contribution in [0.2, 0.25) is 5.02 Å². The molecule has 5 nitrogen and oxygen atoms in total. The number of rotatable bonds is 5. The number of carbonyl (C=O) groups is 3. The number of ether oxygens (including phenoxy) is 1. The normalized spacial score (nSPS) is 15.6. The van der Waals surface area contributed by atoms with Gasteiger partial charge in [0.1, 0.15) is 5.75 Å². The first-order valence-electron chi connectivity index (χ1n) is 7.66. The first kappa shape index (κ1) is 18.2. The molecule has 1 fully saturated rings. The van der Waals surface area contributed by atoms with Gasteiger partial charge in [0.15, 0.2) is 5.78 Å². The Morgan fingerprint density at radius 1 is 1.19 bits per heavy atom. The van der Waals surface area contributed by atoms with E-state index in [0.717, 1.165) is 22.2 Å². The SMILES string of the molecule is COc1cccc(/C=C2/SC(=O)N(CC(=O)c3ccc(Cl)cc3)C2=O)c1. The Bertz CT molecular complexity index is 908. The van der Waals surface area contributed by atoms with Gasteiger partial charge in [-0.25, -0.2) is 0 Å². The second-order valence-electron chi connectivity index (χ2n) is 5.47. The van der Waals surface area contributed by atoms with Crippen molar-refractivity contribution in [3.63, 3.8) is 0 Å². The van der Waals surface area contributed by atoms with Gasteiger partial charge in [-0.3, -0.25) is 19.3 Å². The van der Waals surface area contributed by atoms with Crippen LogP contribution in [0.15, 0.2) is 53.4 Å². The minimum Gasteiger partial charge on any atom is -0.497 e. The molecule has 0 atom stereocenters. The number of ketones is 1. The molecule has 0 N–H and O–H groups in total. The molecule has 1 aliphatic rings.